The molecule has 0 aromatic rings. The zero-order valence-corrected chi connectivity index (χ0v) is 7.56. The van der Waals surface area contributed by atoms with Crippen LogP contribution in [0.1, 0.15) is 13.3 Å². The van der Waals surface area contributed by atoms with E-state index in [4.69, 9.17) is 4.74 Å². The van der Waals surface area contributed by atoms with Crippen LogP contribution in [0.25, 0.3) is 0 Å². The fraction of sp³-hybridized carbons (Fsp3) is 0.833. The smallest absolute Gasteiger partial charge is 0.302 e. The number of hydrogen-bond acceptors (Lipinski definition) is 2. The lowest BCUT2D eigenvalue weighted by Crippen LogP contribution is -2.00. The minimum absolute atomic E-state index is 0.159. The Kier molecular flexibility index (Phi) is 5.61. The molecule has 0 saturated heterocycles. The molecule has 0 radical (unpaired) electrons. The Labute approximate surface area is 58.4 Å². The van der Waals surface area contributed by atoms with Crippen molar-refractivity contribution in [3.05, 3.63) is 0 Å². The van der Waals surface area contributed by atoms with Gasteiger partial charge in [-0.2, -0.15) is 0 Å². The SMILES string of the molecule is C[SiH2]CCCOC(C)=O. The maximum absolute atomic E-state index is 10.2. The number of carbonyl (C=O) groups excluding carboxylic acids is 1. The fourth-order valence-corrected chi connectivity index (χ4v) is 1.27. The van der Waals surface area contributed by atoms with Gasteiger partial charge in [-0.1, -0.05) is 12.6 Å². The quantitative estimate of drug-likeness (QED) is 0.329. The van der Waals surface area contributed by atoms with E-state index in [0.717, 1.165) is 6.42 Å². The van der Waals surface area contributed by atoms with Crippen LogP contribution in [0.3, 0.4) is 0 Å². The van der Waals surface area contributed by atoms with Crippen molar-refractivity contribution in [1.29, 1.82) is 0 Å². The van der Waals surface area contributed by atoms with Gasteiger partial charge < -0.3 is 4.74 Å². The molecule has 0 fully saturated rings. The van der Waals surface area contributed by atoms with E-state index in [0.29, 0.717) is 6.61 Å². The monoisotopic (exact) mass is 146 g/mol. The average molecular weight is 146 g/mol. The molecule has 0 bridgehead atoms. The average Bonchev–Trinajstić information content (AvgIpc) is 1.80. The summed E-state index contributed by atoms with van der Waals surface area (Å²) in [6, 6.07) is 1.28. The standard InChI is InChI=1S/C6H14O2Si/c1-6(7)8-4-3-5-9-2/h3-5,9H2,1-2H3. The molecule has 9 heavy (non-hydrogen) atoms. The van der Waals surface area contributed by atoms with Crippen LogP contribution >= 0.6 is 0 Å². The van der Waals surface area contributed by atoms with Gasteiger partial charge in [-0.25, -0.2) is 0 Å². The summed E-state index contributed by atoms with van der Waals surface area (Å²) >= 11 is 0. The van der Waals surface area contributed by atoms with E-state index in [-0.39, 0.29) is 15.5 Å². The Morgan fingerprint density at radius 1 is 1.67 bits per heavy atom. The first-order chi connectivity index (χ1) is 4.27. The van der Waals surface area contributed by atoms with Gasteiger partial charge in [0.25, 0.3) is 0 Å². The number of rotatable bonds is 4. The predicted octanol–water partition coefficient (Wildman–Crippen LogP) is 0.575. The summed E-state index contributed by atoms with van der Waals surface area (Å²) in [5.41, 5.74) is 0. The van der Waals surface area contributed by atoms with E-state index in [2.05, 4.69) is 6.55 Å². The minimum atomic E-state index is -0.159. The van der Waals surface area contributed by atoms with Crippen molar-refractivity contribution in [2.75, 3.05) is 6.61 Å². The van der Waals surface area contributed by atoms with Crippen molar-refractivity contribution in [3.8, 4) is 0 Å². The molecular formula is C6H14O2Si. The molecule has 0 aromatic carbocycles. The topological polar surface area (TPSA) is 26.3 Å². The van der Waals surface area contributed by atoms with Gasteiger partial charge in [0.2, 0.25) is 0 Å². The van der Waals surface area contributed by atoms with Crippen molar-refractivity contribution in [2.45, 2.75) is 25.9 Å². The van der Waals surface area contributed by atoms with Crippen LogP contribution in [0.4, 0.5) is 0 Å². The largest absolute Gasteiger partial charge is 0.466 e. The molecule has 3 heteroatoms. The number of ether oxygens (including phenoxy) is 1. The highest BCUT2D eigenvalue weighted by molar-refractivity contribution is 6.33. The van der Waals surface area contributed by atoms with Crippen LogP contribution in [0, 0.1) is 0 Å². The molecule has 2 nitrogen and oxygen atoms in total. The van der Waals surface area contributed by atoms with Crippen molar-refractivity contribution < 1.29 is 9.53 Å². The molecule has 0 aromatic heterocycles. The third-order valence-electron chi connectivity index (χ3n) is 1.05. The zero-order chi connectivity index (χ0) is 7.11. The molecule has 0 rings (SSSR count). The van der Waals surface area contributed by atoms with Gasteiger partial charge in [0.05, 0.1) is 6.61 Å². The molecule has 0 atom stereocenters. The van der Waals surface area contributed by atoms with Crippen LogP contribution < -0.4 is 0 Å². The first-order valence-corrected chi connectivity index (χ1v) is 5.82. The number of carbonyl (C=O) groups is 1. The fourth-order valence-electron chi connectivity index (χ4n) is 0.568. The third-order valence-corrected chi connectivity index (χ3v) is 2.26. The maximum Gasteiger partial charge on any atom is 0.302 e. The molecule has 0 aliphatic rings. The molecule has 0 aliphatic heterocycles. The van der Waals surface area contributed by atoms with E-state index >= 15 is 0 Å². The molecular weight excluding hydrogens is 132 g/mol. The second-order valence-corrected chi connectivity index (χ2v) is 3.75. The zero-order valence-electron chi connectivity index (χ0n) is 6.14. The van der Waals surface area contributed by atoms with Gasteiger partial charge in [-0.05, 0) is 6.42 Å². The molecule has 0 unspecified atom stereocenters. The van der Waals surface area contributed by atoms with Crippen LogP contribution in [-0.2, 0) is 9.53 Å². The van der Waals surface area contributed by atoms with E-state index in [1.807, 2.05) is 0 Å². The molecule has 0 heterocycles. The molecule has 0 spiro atoms. The van der Waals surface area contributed by atoms with Gasteiger partial charge in [-0.15, -0.1) is 0 Å². The molecule has 54 valence electrons. The Bertz CT molecular complexity index is 83.1. The van der Waals surface area contributed by atoms with Crippen molar-refractivity contribution >= 4 is 15.5 Å². The van der Waals surface area contributed by atoms with E-state index in [9.17, 15) is 4.79 Å². The highest BCUT2D eigenvalue weighted by Gasteiger charge is 1.90. The first-order valence-electron chi connectivity index (χ1n) is 3.40. The van der Waals surface area contributed by atoms with Crippen LogP contribution in [0.15, 0.2) is 0 Å². The number of hydrogen-bond donors (Lipinski definition) is 0. The highest BCUT2D eigenvalue weighted by atomic mass is 28.2. The van der Waals surface area contributed by atoms with Gasteiger partial charge in [0.1, 0.15) is 0 Å². The lowest BCUT2D eigenvalue weighted by Gasteiger charge is -1.97. The summed E-state index contributed by atoms with van der Waals surface area (Å²) < 4.78 is 4.73. The molecule has 0 saturated carbocycles. The second-order valence-electron chi connectivity index (χ2n) is 2.05. The Morgan fingerprint density at radius 3 is 2.78 bits per heavy atom. The molecule has 0 aliphatic carbocycles. The van der Waals surface area contributed by atoms with Gasteiger partial charge in [-0.3, -0.25) is 4.79 Å². The number of esters is 1. The summed E-state index contributed by atoms with van der Waals surface area (Å²) in [6.07, 6.45) is 1.06. The van der Waals surface area contributed by atoms with Crippen LogP contribution in [0.2, 0.25) is 12.6 Å². The minimum Gasteiger partial charge on any atom is -0.466 e. The summed E-state index contributed by atoms with van der Waals surface area (Å²) in [7, 11) is 0.178. The van der Waals surface area contributed by atoms with Crippen LogP contribution in [-0.4, -0.2) is 22.1 Å². The van der Waals surface area contributed by atoms with E-state index in [1.165, 1.54) is 13.0 Å². The predicted molar refractivity (Wildman–Crippen MR) is 40.5 cm³/mol. The van der Waals surface area contributed by atoms with Crippen molar-refractivity contribution in [3.63, 3.8) is 0 Å². The summed E-state index contributed by atoms with van der Waals surface area (Å²) in [6.45, 7) is 4.33. The Morgan fingerprint density at radius 2 is 2.33 bits per heavy atom. The lowest BCUT2D eigenvalue weighted by molar-refractivity contribution is -0.140. The summed E-state index contributed by atoms with van der Waals surface area (Å²) in [5, 5.41) is 0. The normalized spacial score (nSPS) is 10.4. The Hall–Kier alpha value is -0.313. The highest BCUT2D eigenvalue weighted by Crippen LogP contribution is 1.89. The molecule has 0 amide bonds. The maximum atomic E-state index is 10.2. The van der Waals surface area contributed by atoms with Crippen molar-refractivity contribution in [1.82, 2.24) is 0 Å². The summed E-state index contributed by atoms with van der Waals surface area (Å²) in [4.78, 5) is 10.2. The Balaban J connectivity index is 2.83. The lowest BCUT2D eigenvalue weighted by atomic mass is 10.5. The molecule has 0 N–H and O–H groups in total. The van der Waals surface area contributed by atoms with Crippen LogP contribution in [0.5, 0.6) is 0 Å². The third kappa shape index (κ3) is 7.69. The van der Waals surface area contributed by atoms with Crippen molar-refractivity contribution in [2.24, 2.45) is 0 Å². The van der Waals surface area contributed by atoms with Gasteiger partial charge >= 0.3 is 5.97 Å². The summed E-state index contributed by atoms with van der Waals surface area (Å²) in [5.74, 6) is -0.159. The second kappa shape index (κ2) is 5.82. The van der Waals surface area contributed by atoms with Gasteiger partial charge in [0.15, 0.2) is 0 Å². The van der Waals surface area contributed by atoms with E-state index in [1.54, 1.807) is 0 Å². The van der Waals surface area contributed by atoms with Gasteiger partial charge in [0, 0.05) is 16.4 Å². The first kappa shape index (κ1) is 8.69. The van der Waals surface area contributed by atoms with E-state index < -0.39 is 0 Å².